The summed E-state index contributed by atoms with van der Waals surface area (Å²) in [6.45, 7) is 6.49. The SMILES string of the molecule is CC(C)(C)NC(=O)N1CC(N)Cc2ccccc21. The van der Waals surface area contributed by atoms with Crippen molar-refractivity contribution >= 4 is 11.7 Å². The topological polar surface area (TPSA) is 58.4 Å². The van der Waals surface area contributed by atoms with E-state index in [1.807, 2.05) is 45.0 Å². The van der Waals surface area contributed by atoms with Crippen LogP contribution in [0.5, 0.6) is 0 Å². The number of carbonyl (C=O) groups excluding carboxylic acids is 1. The number of urea groups is 1. The van der Waals surface area contributed by atoms with Crippen molar-refractivity contribution in [3.63, 3.8) is 0 Å². The van der Waals surface area contributed by atoms with E-state index in [4.69, 9.17) is 5.73 Å². The molecule has 0 radical (unpaired) electrons. The molecule has 98 valence electrons. The Balaban J connectivity index is 2.26. The van der Waals surface area contributed by atoms with Gasteiger partial charge in [0.15, 0.2) is 0 Å². The number of fused-ring (bicyclic) bond motifs is 1. The van der Waals surface area contributed by atoms with E-state index in [9.17, 15) is 4.79 Å². The number of rotatable bonds is 0. The summed E-state index contributed by atoms with van der Waals surface area (Å²) in [6, 6.07) is 7.87. The molecule has 0 fully saturated rings. The molecule has 2 rings (SSSR count). The Hall–Kier alpha value is -1.55. The van der Waals surface area contributed by atoms with Crippen LogP contribution >= 0.6 is 0 Å². The largest absolute Gasteiger partial charge is 0.333 e. The maximum atomic E-state index is 12.3. The summed E-state index contributed by atoms with van der Waals surface area (Å²) in [5.41, 5.74) is 7.89. The van der Waals surface area contributed by atoms with E-state index in [0.29, 0.717) is 6.54 Å². The minimum Gasteiger partial charge on any atom is -0.333 e. The zero-order chi connectivity index (χ0) is 13.3. The Morgan fingerprint density at radius 1 is 1.39 bits per heavy atom. The Labute approximate surface area is 108 Å². The standard InChI is InChI=1S/C14H21N3O/c1-14(2,3)16-13(18)17-9-11(15)8-10-6-4-5-7-12(10)17/h4-7,11H,8-9,15H2,1-3H3,(H,16,18). The normalized spacial score (nSPS) is 19.3. The average Bonchev–Trinajstić information content (AvgIpc) is 2.25. The van der Waals surface area contributed by atoms with Crippen molar-refractivity contribution < 1.29 is 4.79 Å². The first-order valence-electron chi connectivity index (χ1n) is 6.30. The second-order valence-corrected chi connectivity index (χ2v) is 5.88. The molecule has 18 heavy (non-hydrogen) atoms. The minimum atomic E-state index is -0.242. The zero-order valence-corrected chi connectivity index (χ0v) is 11.2. The summed E-state index contributed by atoms with van der Waals surface area (Å²) >= 11 is 0. The minimum absolute atomic E-state index is 0.00520. The molecule has 4 heteroatoms. The summed E-state index contributed by atoms with van der Waals surface area (Å²) in [7, 11) is 0. The van der Waals surface area contributed by atoms with Crippen molar-refractivity contribution in [2.45, 2.75) is 38.8 Å². The summed E-state index contributed by atoms with van der Waals surface area (Å²) in [4.78, 5) is 14.0. The van der Waals surface area contributed by atoms with E-state index < -0.39 is 0 Å². The molecule has 0 aliphatic carbocycles. The number of nitrogens with one attached hydrogen (secondary N) is 1. The van der Waals surface area contributed by atoms with Crippen molar-refractivity contribution in [3.8, 4) is 0 Å². The average molecular weight is 247 g/mol. The Morgan fingerprint density at radius 2 is 2.06 bits per heavy atom. The highest BCUT2D eigenvalue weighted by Gasteiger charge is 2.28. The van der Waals surface area contributed by atoms with Gasteiger partial charge in [-0.3, -0.25) is 4.90 Å². The van der Waals surface area contributed by atoms with Gasteiger partial charge in [-0.15, -0.1) is 0 Å². The van der Waals surface area contributed by atoms with E-state index in [2.05, 4.69) is 5.32 Å². The fraction of sp³-hybridized carbons (Fsp3) is 0.500. The van der Waals surface area contributed by atoms with Crippen LogP contribution in [-0.2, 0) is 6.42 Å². The number of amides is 2. The van der Waals surface area contributed by atoms with Crippen molar-refractivity contribution in [1.82, 2.24) is 5.32 Å². The highest BCUT2D eigenvalue weighted by Crippen LogP contribution is 2.26. The zero-order valence-electron chi connectivity index (χ0n) is 11.2. The number of anilines is 1. The van der Waals surface area contributed by atoms with Gasteiger partial charge < -0.3 is 11.1 Å². The quantitative estimate of drug-likeness (QED) is 0.735. The molecule has 0 spiro atoms. The summed E-state index contributed by atoms with van der Waals surface area (Å²) < 4.78 is 0. The lowest BCUT2D eigenvalue weighted by Crippen LogP contribution is -2.54. The van der Waals surface area contributed by atoms with E-state index in [1.165, 1.54) is 0 Å². The third kappa shape index (κ3) is 2.82. The summed E-state index contributed by atoms with van der Waals surface area (Å²) in [5.74, 6) is 0. The number of benzene rings is 1. The van der Waals surface area contributed by atoms with Crippen LogP contribution in [0, 0.1) is 0 Å². The second kappa shape index (κ2) is 4.61. The predicted molar refractivity (Wildman–Crippen MR) is 73.8 cm³/mol. The maximum absolute atomic E-state index is 12.3. The van der Waals surface area contributed by atoms with Crippen LogP contribution in [0.15, 0.2) is 24.3 Å². The number of para-hydroxylation sites is 1. The van der Waals surface area contributed by atoms with Gasteiger partial charge in [0.05, 0.1) is 0 Å². The van der Waals surface area contributed by atoms with Gasteiger partial charge in [0.25, 0.3) is 0 Å². The van der Waals surface area contributed by atoms with E-state index in [1.54, 1.807) is 4.90 Å². The molecule has 2 amide bonds. The molecular weight excluding hydrogens is 226 g/mol. The Bertz CT molecular complexity index is 451. The lowest BCUT2D eigenvalue weighted by molar-refractivity contribution is 0.236. The van der Waals surface area contributed by atoms with Gasteiger partial charge >= 0.3 is 6.03 Å². The van der Waals surface area contributed by atoms with Crippen molar-refractivity contribution in [2.24, 2.45) is 5.73 Å². The second-order valence-electron chi connectivity index (χ2n) is 5.88. The fourth-order valence-corrected chi connectivity index (χ4v) is 2.21. The van der Waals surface area contributed by atoms with Crippen LogP contribution in [0.25, 0.3) is 0 Å². The number of nitrogens with zero attached hydrogens (tertiary/aromatic N) is 1. The first kappa shape index (κ1) is 12.9. The van der Waals surface area contributed by atoms with Crippen LogP contribution in [-0.4, -0.2) is 24.2 Å². The van der Waals surface area contributed by atoms with Gasteiger partial charge in [-0.05, 0) is 38.8 Å². The van der Waals surface area contributed by atoms with Crippen LogP contribution in [0.2, 0.25) is 0 Å². The molecule has 0 bridgehead atoms. The van der Waals surface area contributed by atoms with Crippen LogP contribution < -0.4 is 16.0 Å². The van der Waals surface area contributed by atoms with Gasteiger partial charge in [-0.2, -0.15) is 0 Å². The highest BCUT2D eigenvalue weighted by atomic mass is 16.2. The van der Waals surface area contributed by atoms with Crippen molar-refractivity contribution in [3.05, 3.63) is 29.8 Å². The monoisotopic (exact) mass is 247 g/mol. The van der Waals surface area contributed by atoms with Gasteiger partial charge in [-0.25, -0.2) is 4.79 Å². The van der Waals surface area contributed by atoms with Gasteiger partial charge in [0.2, 0.25) is 0 Å². The molecule has 1 aromatic carbocycles. The molecule has 3 N–H and O–H groups in total. The summed E-state index contributed by atoms with van der Waals surface area (Å²) in [5, 5.41) is 2.98. The number of hydrogen-bond donors (Lipinski definition) is 2. The van der Waals surface area contributed by atoms with Gasteiger partial charge in [-0.1, -0.05) is 18.2 Å². The van der Waals surface area contributed by atoms with Gasteiger partial charge in [0, 0.05) is 23.8 Å². The number of nitrogens with two attached hydrogens (primary N) is 1. The smallest absolute Gasteiger partial charge is 0.322 e. The third-order valence-electron chi connectivity index (χ3n) is 2.91. The molecule has 1 aromatic rings. The lowest BCUT2D eigenvalue weighted by Gasteiger charge is -2.35. The van der Waals surface area contributed by atoms with Gasteiger partial charge in [0.1, 0.15) is 0 Å². The molecule has 4 nitrogen and oxygen atoms in total. The van der Waals surface area contributed by atoms with Crippen molar-refractivity contribution in [1.29, 1.82) is 0 Å². The molecule has 0 aromatic heterocycles. The number of carbonyl (C=O) groups is 1. The van der Waals surface area contributed by atoms with Crippen LogP contribution in [0.3, 0.4) is 0 Å². The van der Waals surface area contributed by atoms with Crippen LogP contribution in [0.1, 0.15) is 26.3 Å². The molecule has 1 aliphatic heterocycles. The highest BCUT2D eigenvalue weighted by molar-refractivity contribution is 5.93. The predicted octanol–water partition coefficient (Wildman–Crippen LogP) is 1.88. The molecular formula is C14H21N3O. The maximum Gasteiger partial charge on any atom is 0.322 e. The molecule has 1 aliphatic rings. The van der Waals surface area contributed by atoms with E-state index >= 15 is 0 Å². The van der Waals surface area contributed by atoms with Crippen LogP contribution in [0.4, 0.5) is 10.5 Å². The van der Waals surface area contributed by atoms with E-state index in [0.717, 1.165) is 17.7 Å². The Kier molecular flexibility index (Phi) is 3.30. The third-order valence-corrected chi connectivity index (χ3v) is 2.91. The molecule has 1 unspecified atom stereocenters. The summed E-state index contributed by atoms with van der Waals surface area (Å²) in [6.07, 6.45) is 0.829. The molecule has 1 atom stereocenters. The molecule has 0 saturated heterocycles. The first-order chi connectivity index (χ1) is 8.37. The first-order valence-corrected chi connectivity index (χ1v) is 6.30. The lowest BCUT2D eigenvalue weighted by atomic mass is 9.98. The van der Waals surface area contributed by atoms with Crippen molar-refractivity contribution in [2.75, 3.05) is 11.4 Å². The molecule has 1 heterocycles. The molecule has 0 saturated carbocycles. The Morgan fingerprint density at radius 3 is 2.72 bits per heavy atom. The van der Waals surface area contributed by atoms with E-state index in [-0.39, 0.29) is 17.6 Å². The number of hydrogen-bond acceptors (Lipinski definition) is 2. The fourth-order valence-electron chi connectivity index (χ4n) is 2.21.